The van der Waals surface area contributed by atoms with Crippen molar-refractivity contribution in [2.45, 2.75) is 6.18 Å². The van der Waals surface area contributed by atoms with E-state index in [1.165, 1.54) is 0 Å². The lowest BCUT2D eigenvalue weighted by Crippen LogP contribution is -2.39. The second-order valence-electron chi connectivity index (χ2n) is 1.52. The molecule has 0 aliphatic heterocycles. The molecule has 0 heterocycles. The van der Waals surface area contributed by atoms with Crippen LogP contribution in [-0.4, -0.2) is 18.0 Å². The smallest absolute Gasteiger partial charge is 0.285 e. The summed E-state index contributed by atoms with van der Waals surface area (Å²) in [5.41, 5.74) is 0. The number of amides is 2. The third-order valence-corrected chi connectivity index (χ3v) is 0.680. The number of nitrogens with one attached hydrogen (secondary N) is 1. The molecule has 0 spiro atoms. The third-order valence-electron chi connectivity index (χ3n) is 0.680. The van der Waals surface area contributed by atoms with Crippen molar-refractivity contribution in [3.63, 3.8) is 0 Å². The van der Waals surface area contributed by atoms with Crippen molar-refractivity contribution in [2.24, 2.45) is 0 Å². The number of hydrogen-bond donors (Lipinski definition) is 1. The van der Waals surface area contributed by atoms with Gasteiger partial charge in [-0.1, -0.05) is 6.58 Å². The largest absolute Gasteiger partial charge is 0.471 e. The summed E-state index contributed by atoms with van der Waals surface area (Å²) in [4.78, 5) is 20.0. The van der Waals surface area contributed by atoms with E-state index < -0.39 is 18.0 Å². The number of alkyl halides is 3. The Bertz CT molecular complexity index is 196. The van der Waals surface area contributed by atoms with Crippen LogP contribution < -0.4 is 5.32 Å². The van der Waals surface area contributed by atoms with Gasteiger partial charge < -0.3 is 0 Å². The Labute approximate surface area is 59.9 Å². The highest BCUT2D eigenvalue weighted by Gasteiger charge is 2.39. The molecule has 0 saturated heterocycles. The van der Waals surface area contributed by atoms with E-state index in [2.05, 4.69) is 6.58 Å². The maximum Gasteiger partial charge on any atom is 0.471 e. The average Bonchev–Trinajstić information content (AvgIpc) is 1.85. The van der Waals surface area contributed by atoms with Crippen molar-refractivity contribution in [3.05, 3.63) is 12.7 Å². The van der Waals surface area contributed by atoms with E-state index in [1.54, 1.807) is 0 Å². The first-order valence-corrected chi connectivity index (χ1v) is 2.42. The number of imide groups is 1. The Morgan fingerprint density at radius 1 is 1.36 bits per heavy atom. The number of carbonyl (C=O) groups is 2. The van der Waals surface area contributed by atoms with Crippen LogP contribution in [0.5, 0.6) is 0 Å². The second kappa shape index (κ2) is 3.18. The maximum absolute atomic E-state index is 11.3. The summed E-state index contributed by atoms with van der Waals surface area (Å²) in [6.07, 6.45) is -4.46. The van der Waals surface area contributed by atoms with Gasteiger partial charge in [0.1, 0.15) is 0 Å². The fourth-order valence-corrected chi connectivity index (χ4v) is 0.234. The molecular formula is C5H4F3NO2. The van der Waals surface area contributed by atoms with Crippen LogP contribution in [0, 0.1) is 0 Å². The van der Waals surface area contributed by atoms with Gasteiger partial charge in [0.15, 0.2) is 0 Å². The predicted octanol–water partition coefficient (Wildman–Crippen LogP) is 0.378. The SMILES string of the molecule is C=CC(=O)NC(=O)C(F)(F)F. The van der Waals surface area contributed by atoms with Crippen molar-refractivity contribution in [1.29, 1.82) is 0 Å². The molecule has 0 aromatic heterocycles. The molecule has 2 amide bonds. The number of rotatable bonds is 1. The standard InChI is InChI=1S/C5H4F3NO2/c1-2-3(10)9-4(11)5(6,7)8/h2H,1H2,(H,9,10,11). The van der Waals surface area contributed by atoms with E-state index in [9.17, 15) is 22.8 Å². The Morgan fingerprint density at radius 3 is 2.09 bits per heavy atom. The summed E-state index contributed by atoms with van der Waals surface area (Å²) in [5, 5.41) is 1.05. The summed E-state index contributed by atoms with van der Waals surface area (Å²) in [6, 6.07) is 0. The van der Waals surface area contributed by atoms with Crippen LogP contribution >= 0.6 is 0 Å². The molecule has 0 aromatic rings. The van der Waals surface area contributed by atoms with E-state index in [0.29, 0.717) is 6.08 Å². The van der Waals surface area contributed by atoms with E-state index >= 15 is 0 Å². The summed E-state index contributed by atoms with van der Waals surface area (Å²) in [7, 11) is 0. The van der Waals surface area contributed by atoms with Crippen LogP contribution in [0.15, 0.2) is 12.7 Å². The van der Waals surface area contributed by atoms with Crippen LogP contribution in [0.3, 0.4) is 0 Å². The van der Waals surface area contributed by atoms with Gasteiger partial charge in [0.2, 0.25) is 5.91 Å². The van der Waals surface area contributed by atoms with Gasteiger partial charge in [0.05, 0.1) is 0 Å². The normalized spacial score (nSPS) is 10.5. The molecule has 62 valence electrons. The fourth-order valence-electron chi connectivity index (χ4n) is 0.234. The molecule has 0 rings (SSSR count). The van der Waals surface area contributed by atoms with Gasteiger partial charge in [-0.2, -0.15) is 13.2 Å². The van der Waals surface area contributed by atoms with Gasteiger partial charge in [-0.15, -0.1) is 0 Å². The van der Waals surface area contributed by atoms with E-state index in [-0.39, 0.29) is 0 Å². The minimum Gasteiger partial charge on any atom is -0.285 e. The lowest BCUT2D eigenvalue weighted by Gasteiger charge is -2.03. The number of carbonyl (C=O) groups excluding carboxylic acids is 2. The molecule has 0 atom stereocenters. The Kier molecular flexibility index (Phi) is 2.79. The van der Waals surface area contributed by atoms with Crippen molar-refractivity contribution in [1.82, 2.24) is 5.32 Å². The lowest BCUT2D eigenvalue weighted by atomic mass is 10.5. The van der Waals surface area contributed by atoms with Gasteiger partial charge in [0, 0.05) is 0 Å². The van der Waals surface area contributed by atoms with Crippen LogP contribution in [0.4, 0.5) is 13.2 Å². The zero-order valence-electron chi connectivity index (χ0n) is 5.23. The van der Waals surface area contributed by atoms with Crippen LogP contribution in [0.1, 0.15) is 0 Å². The van der Waals surface area contributed by atoms with Crippen molar-refractivity contribution < 1.29 is 22.8 Å². The van der Waals surface area contributed by atoms with Gasteiger partial charge >= 0.3 is 12.1 Å². The quantitative estimate of drug-likeness (QED) is 0.573. The summed E-state index contributed by atoms with van der Waals surface area (Å²) in [6.45, 7) is 2.86. The highest BCUT2D eigenvalue weighted by Crippen LogP contribution is 2.13. The van der Waals surface area contributed by atoms with Crippen LogP contribution in [0.25, 0.3) is 0 Å². The van der Waals surface area contributed by atoms with Gasteiger partial charge in [-0.05, 0) is 6.08 Å². The number of halogens is 3. The average molecular weight is 167 g/mol. The van der Waals surface area contributed by atoms with Crippen molar-refractivity contribution in [3.8, 4) is 0 Å². The lowest BCUT2D eigenvalue weighted by molar-refractivity contribution is -0.174. The van der Waals surface area contributed by atoms with E-state index in [1.807, 2.05) is 0 Å². The van der Waals surface area contributed by atoms with Crippen LogP contribution in [0.2, 0.25) is 0 Å². The third kappa shape index (κ3) is 3.39. The second-order valence-corrected chi connectivity index (χ2v) is 1.52. The topological polar surface area (TPSA) is 46.2 Å². The minimum absolute atomic E-state index is 0.573. The molecule has 0 saturated carbocycles. The predicted molar refractivity (Wildman–Crippen MR) is 29.4 cm³/mol. The molecule has 0 aliphatic carbocycles. The van der Waals surface area contributed by atoms with Crippen molar-refractivity contribution >= 4 is 11.8 Å². The maximum atomic E-state index is 11.3. The molecule has 0 bridgehead atoms. The van der Waals surface area contributed by atoms with E-state index in [4.69, 9.17) is 0 Å². The highest BCUT2D eigenvalue weighted by atomic mass is 19.4. The Morgan fingerprint density at radius 2 is 1.82 bits per heavy atom. The van der Waals surface area contributed by atoms with E-state index in [0.717, 1.165) is 5.32 Å². The molecule has 0 unspecified atom stereocenters. The molecule has 6 heteroatoms. The van der Waals surface area contributed by atoms with Gasteiger partial charge in [-0.25, -0.2) is 0 Å². The first-order valence-electron chi connectivity index (χ1n) is 2.42. The minimum atomic E-state index is -5.03. The fraction of sp³-hybridized carbons (Fsp3) is 0.200. The molecule has 11 heavy (non-hydrogen) atoms. The number of hydrogen-bond acceptors (Lipinski definition) is 2. The molecule has 0 radical (unpaired) electrons. The zero-order chi connectivity index (χ0) is 9.07. The van der Waals surface area contributed by atoms with Crippen LogP contribution in [-0.2, 0) is 9.59 Å². The molecule has 0 aliphatic rings. The molecule has 1 N–H and O–H groups in total. The summed E-state index contributed by atoms with van der Waals surface area (Å²) >= 11 is 0. The molecule has 0 aromatic carbocycles. The molecular weight excluding hydrogens is 163 g/mol. The first kappa shape index (κ1) is 9.67. The van der Waals surface area contributed by atoms with Gasteiger partial charge in [-0.3, -0.25) is 14.9 Å². The summed E-state index contributed by atoms with van der Waals surface area (Å²) in [5.74, 6) is -3.46. The molecule has 0 fully saturated rings. The molecule has 3 nitrogen and oxygen atoms in total. The van der Waals surface area contributed by atoms with Gasteiger partial charge in [0.25, 0.3) is 0 Å². The summed E-state index contributed by atoms with van der Waals surface area (Å²) < 4.78 is 34.0. The first-order chi connectivity index (χ1) is 4.88. The Balaban J connectivity index is 4.09. The monoisotopic (exact) mass is 167 g/mol. The van der Waals surface area contributed by atoms with Crippen molar-refractivity contribution in [2.75, 3.05) is 0 Å². The highest BCUT2D eigenvalue weighted by molar-refractivity contribution is 6.02. The Hall–Kier alpha value is -1.33. The zero-order valence-corrected chi connectivity index (χ0v) is 5.23.